The average molecular weight is 256 g/mol. The van der Waals surface area contributed by atoms with Crippen molar-refractivity contribution in [2.75, 3.05) is 0 Å². The standard InChI is InChI=1S/C17H24N2/c1-13(2)18-17-12-11-15-9-7-5-6-8-10-16(15)19(17)14(3)4/h5-10,13-14H,11-12H2,1-4H3/b6-5?,7-5-,8-6-,9-7?,10-8?,15-9-,16-10+,18-17-. The molecule has 0 radical (unpaired) electrons. The highest BCUT2D eigenvalue weighted by molar-refractivity contribution is 5.87. The molecule has 0 saturated carbocycles. The molecular weight excluding hydrogens is 232 g/mol. The number of aliphatic imine (C=N–C) groups is 1. The molecule has 19 heavy (non-hydrogen) atoms. The van der Waals surface area contributed by atoms with E-state index in [0.29, 0.717) is 12.1 Å². The zero-order valence-electron chi connectivity index (χ0n) is 12.4. The normalized spacial score (nSPS) is 30.2. The lowest BCUT2D eigenvalue weighted by Gasteiger charge is -2.38. The molecule has 1 saturated heterocycles. The first kappa shape index (κ1) is 13.9. The first-order chi connectivity index (χ1) is 9.09. The van der Waals surface area contributed by atoms with E-state index in [1.54, 1.807) is 0 Å². The Kier molecular flexibility index (Phi) is 4.41. The van der Waals surface area contributed by atoms with E-state index in [1.807, 2.05) is 0 Å². The van der Waals surface area contributed by atoms with E-state index in [2.05, 4.69) is 69.1 Å². The molecule has 102 valence electrons. The lowest BCUT2D eigenvalue weighted by atomic mass is 9.96. The van der Waals surface area contributed by atoms with Crippen LogP contribution in [0.3, 0.4) is 0 Å². The summed E-state index contributed by atoms with van der Waals surface area (Å²) in [5.74, 6) is 1.23. The summed E-state index contributed by atoms with van der Waals surface area (Å²) >= 11 is 0. The van der Waals surface area contributed by atoms with Crippen LogP contribution in [-0.4, -0.2) is 22.8 Å². The van der Waals surface area contributed by atoms with Crippen molar-refractivity contribution in [3.8, 4) is 0 Å². The number of allylic oxidation sites excluding steroid dienone is 7. The molecule has 2 nitrogen and oxygen atoms in total. The second-order valence-electron chi connectivity index (χ2n) is 5.62. The van der Waals surface area contributed by atoms with Crippen molar-refractivity contribution in [1.82, 2.24) is 4.90 Å². The minimum absolute atomic E-state index is 0.353. The zero-order chi connectivity index (χ0) is 13.8. The third kappa shape index (κ3) is 3.25. The Morgan fingerprint density at radius 2 is 1.63 bits per heavy atom. The van der Waals surface area contributed by atoms with Gasteiger partial charge in [-0.15, -0.1) is 0 Å². The van der Waals surface area contributed by atoms with Crippen LogP contribution in [0.4, 0.5) is 0 Å². The van der Waals surface area contributed by atoms with Gasteiger partial charge in [-0.2, -0.15) is 0 Å². The molecule has 0 aromatic rings. The van der Waals surface area contributed by atoms with Crippen LogP contribution in [0.2, 0.25) is 0 Å². The molecule has 2 heteroatoms. The van der Waals surface area contributed by atoms with E-state index >= 15 is 0 Å². The van der Waals surface area contributed by atoms with Crippen molar-refractivity contribution in [3.63, 3.8) is 0 Å². The van der Waals surface area contributed by atoms with E-state index in [9.17, 15) is 0 Å². The molecule has 1 aliphatic heterocycles. The van der Waals surface area contributed by atoms with Gasteiger partial charge in [-0.05, 0) is 45.8 Å². The number of hydrogen-bond donors (Lipinski definition) is 0. The first-order valence-corrected chi connectivity index (χ1v) is 7.20. The highest BCUT2D eigenvalue weighted by atomic mass is 15.2. The van der Waals surface area contributed by atoms with E-state index in [4.69, 9.17) is 4.99 Å². The largest absolute Gasteiger partial charge is 0.327 e. The second kappa shape index (κ2) is 6.05. The number of amidine groups is 1. The lowest BCUT2D eigenvalue weighted by molar-refractivity contribution is 0.404. The first-order valence-electron chi connectivity index (χ1n) is 7.20. The van der Waals surface area contributed by atoms with Crippen LogP contribution in [0.15, 0.2) is 52.7 Å². The van der Waals surface area contributed by atoms with Gasteiger partial charge in [0.15, 0.2) is 0 Å². The minimum Gasteiger partial charge on any atom is -0.327 e. The molecule has 0 amide bonds. The van der Waals surface area contributed by atoms with Gasteiger partial charge in [0.05, 0.1) is 0 Å². The Morgan fingerprint density at radius 1 is 0.947 bits per heavy atom. The predicted octanol–water partition coefficient (Wildman–Crippen LogP) is 4.23. The summed E-state index contributed by atoms with van der Waals surface area (Å²) < 4.78 is 0. The van der Waals surface area contributed by atoms with Crippen molar-refractivity contribution in [3.05, 3.63) is 47.7 Å². The maximum Gasteiger partial charge on any atom is 0.104 e. The van der Waals surface area contributed by atoms with E-state index in [0.717, 1.165) is 12.8 Å². The molecule has 0 spiro atoms. The molecule has 1 heterocycles. The maximum absolute atomic E-state index is 4.82. The van der Waals surface area contributed by atoms with Gasteiger partial charge in [0.25, 0.3) is 0 Å². The summed E-state index contributed by atoms with van der Waals surface area (Å²) in [6, 6.07) is 0.788. The Balaban J connectivity index is 2.42. The van der Waals surface area contributed by atoms with Crippen LogP contribution in [0.1, 0.15) is 40.5 Å². The summed E-state index contributed by atoms with van der Waals surface area (Å²) in [6.45, 7) is 8.76. The van der Waals surface area contributed by atoms with Gasteiger partial charge in [-0.3, -0.25) is 4.99 Å². The predicted molar refractivity (Wildman–Crippen MR) is 83.2 cm³/mol. The Hall–Kier alpha value is -1.57. The zero-order valence-corrected chi connectivity index (χ0v) is 12.4. The van der Waals surface area contributed by atoms with Crippen molar-refractivity contribution in [1.29, 1.82) is 0 Å². The number of rotatable bonds is 2. The summed E-state index contributed by atoms with van der Waals surface area (Å²) in [5.41, 5.74) is 2.72. The number of fused-ring (bicyclic) bond motifs is 1. The summed E-state index contributed by atoms with van der Waals surface area (Å²) in [5, 5.41) is 0. The highest BCUT2D eigenvalue weighted by Gasteiger charge is 2.26. The van der Waals surface area contributed by atoms with Crippen molar-refractivity contribution in [2.24, 2.45) is 4.99 Å². The van der Waals surface area contributed by atoms with E-state index in [-0.39, 0.29) is 0 Å². The van der Waals surface area contributed by atoms with Gasteiger partial charge in [-0.25, -0.2) is 0 Å². The second-order valence-corrected chi connectivity index (χ2v) is 5.62. The maximum atomic E-state index is 4.82. The monoisotopic (exact) mass is 256 g/mol. The molecule has 0 atom stereocenters. The molecule has 0 bridgehead atoms. The lowest BCUT2D eigenvalue weighted by Crippen LogP contribution is -2.40. The van der Waals surface area contributed by atoms with Gasteiger partial charge >= 0.3 is 0 Å². The Labute approximate surface area is 116 Å². The minimum atomic E-state index is 0.353. The SMILES string of the molecule is CC(C)/N=C1/CCC2=C/C=C\C=C/C=C\2N1C(C)C. The van der Waals surface area contributed by atoms with Gasteiger partial charge < -0.3 is 4.90 Å². The van der Waals surface area contributed by atoms with Crippen LogP contribution in [0.5, 0.6) is 0 Å². The quantitative estimate of drug-likeness (QED) is 0.721. The molecule has 0 aromatic heterocycles. The van der Waals surface area contributed by atoms with Gasteiger partial charge in [0.2, 0.25) is 0 Å². The van der Waals surface area contributed by atoms with Crippen LogP contribution in [0, 0.1) is 0 Å². The molecule has 1 aliphatic carbocycles. The molecule has 0 aromatic carbocycles. The molecule has 1 fully saturated rings. The fraction of sp³-hybridized carbons (Fsp3) is 0.471. The third-order valence-electron chi connectivity index (χ3n) is 3.29. The molecule has 0 N–H and O–H groups in total. The average Bonchev–Trinajstić information content (AvgIpc) is 2.29. The summed E-state index contributed by atoms with van der Waals surface area (Å²) in [6.07, 6.45) is 15.0. The number of nitrogens with zero attached hydrogens (tertiary/aromatic N) is 2. The smallest absolute Gasteiger partial charge is 0.104 e. The van der Waals surface area contributed by atoms with Crippen LogP contribution >= 0.6 is 0 Å². The topological polar surface area (TPSA) is 15.6 Å². The molecule has 0 unspecified atom stereocenters. The van der Waals surface area contributed by atoms with Crippen LogP contribution in [-0.2, 0) is 0 Å². The Morgan fingerprint density at radius 3 is 2.26 bits per heavy atom. The number of likely N-dealkylation sites (tertiary alicyclic amines) is 1. The van der Waals surface area contributed by atoms with Gasteiger partial charge in [0, 0.05) is 24.2 Å². The summed E-state index contributed by atoms with van der Waals surface area (Å²) in [4.78, 5) is 7.20. The molecule has 2 rings (SSSR count). The summed E-state index contributed by atoms with van der Waals surface area (Å²) in [7, 11) is 0. The highest BCUT2D eigenvalue weighted by Crippen LogP contribution is 2.31. The van der Waals surface area contributed by atoms with Crippen LogP contribution in [0.25, 0.3) is 0 Å². The van der Waals surface area contributed by atoms with Gasteiger partial charge in [0.1, 0.15) is 5.84 Å². The van der Waals surface area contributed by atoms with Crippen molar-refractivity contribution < 1.29 is 0 Å². The van der Waals surface area contributed by atoms with E-state index in [1.165, 1.54) is 17.1 Å². The van der Waals surface area contributed by atoms with Crippen molar-refractivity contribution >= 4 is 5.84 Å². The van der Waals surface area contributed by atoms with E-state index < -0.39 is 0 Å². The Bertz CT molecular complexity index is 473. The molecule has 2 aliphatic rings. The fourth-order valence-corrected chi connectivity index (χ4v) is 2.59. The fourth-order valence-electron chi connectivity index (χ4n) is 2.59. The molecular formula is C17H24N2. The van der Waals surface area contributed by atoms with Crippen LogP contribution < -0.4 is 0 Å². The number of piperidine rings is 1. The number of hydrogen-bond acceptors (Lipinski definition) is 1. The third-order valence-corrected chi connectivity index (χ3v) is 3.29. The van der Waals surface area contributed by atoms with Gasteiger partial charge in [-0.1, -0.05) is 30.4 Å². The van der Waals surface area contributed by atoms with Crippen molar-refractivity contribution in [2.45, 2.75) is 52.6 Å².